The first-order valence-corrected chi connectivity index (χ1v) is 12.1. The van der Waals surface area contributed by atoms with Gasteiger partial charge in [0.25, 0.3) is 5.91 Å². The van der Waals surface area contributed by atoms with Gasteiger partial charge in [-0.05, 0) is 80.8 Å². The molecule has 0 saturated carbocycles. The largest absolute Gasteiger partial charge is 0.364 e. The van der Waals surface area contributed by atoms with Gasteiger partial charge in [-0.15, -0.1) is 0 Å². The van der Waals surface area contributed by atoms with Crippen molar-refractivity contribution in [1.82, 2.24) is 20.0 Å². The van der Waals surface area contributed by atoms with Crippen LogP contribution < -0.4 is 0 Å². The average Bonchev–Trinajstić information content (AvgIpc) is 3.41. The highest BCUT2D eigenvalue weighted by molar-refractivity contribution is 5.95. The number of nitrogens with one attached hydrogen (secondary N) is 1. The lowest BCUT2D eigenvalue weighted by atomic mass is 9.87. The zero-order chi connectivity index (χ0) is 24.0. The van der Waals surface area contributed by atoms with Gasteiger partial charge < -0.3 is 14.4 Å². The lowest BCUT2D eigenvalue weighted by Gasteiger charge is -2.32. The van der Waals surface area contributed by atoms with Crippen molar-refractivity contribution in [2.45, 2.75) is 59.3 Å². The Morgan fingerprint density at radius 2 is 1.79 bits per heavy atom. The SMILES string of the molecule is Cc1cc(-c2[nH]c3ccc(C4CCN(C(=O)c5conc5C)CC4)cc3c2C(C)C)cc(C)n1. The van der Waals surface area contributed by atoms with E-state index in [9.17, 15) is 4.79 Å². The molecule has 1 fully saturated rings. The first kappa shape index (κ1) is 22.4. The van der Waals surface area contributed by atoms with Crippen molar-refractivity contribution in [2.75, 3.05) is 13.1 Å². The normalized spacial score (nSPS) is 14.9. The number of carbonyl (C=O) groups excluding carboxylic acids is 1. The van der Waals surface area contributed by atoms with Gasteiger partial charge in [0.2, 0.25) is 0 Å². The van der Waals surface area contributed by atoms with Crippen LogP contribution in [-0.4, -0.2) is 39.0 Å². The quantitative estimate of drug-likeness (QED) is 0.392. The number of amides is 1. The minimum absolute atomic E-state index is 0.0213. The Bertz CT molecular complexity index is 1340. The number of aromatic amines is 1. The number of pyridine rings is 1. The number of likely N-dealkylation sites (tertiary alicyclic amines) is 1. The first-order chi connectivity index (χ1) is 16.3. The average molecular weight is 457 g/mol. The van der Waals surface area contributed by atoms with Crippen LogP contribution in [0.3, 0.4) is 0 Å². The fourth-order valence-corrected chi connectivity index (χ4v) is 5.37. The van der Waals surface area contributed by atoms with Gasteiger partial charge in [-0.3, -0.25) is 9.78 Å². The fraction of sp³-hybridized carbons (Fsp3) is 0.393. The lowest BCUT2D eigenvalue weighted by Crippen LogP contribution is -2.38. The molecule has 0 radical (unpaired) electrons. The lowest BCUT2D eigenvalue weighted by molar-refractivity contribution is 0.0711. The maximum Gasteiger partial charge on any atom is 0.259 e. The third kappa shape index (κ3) is 4.02. The third-order valence-corrected chi connectivity index (χ3v) is 7.04. The molecule has 1 aromatic carbocycles. The van der Waals surface area contributed by atoms with E-state index in [-0.39, 0.29) is 5.91 Å². The zero-order valence-electron chi connectivity index (χ0n) is 20.6. The van der Waals surface area contributed by atoms with Crippen LogP contribution in [0.4, 0.5) is 0 Å². The van der Waals surface area contributed by atoms with E-state index < -0.39 is 0 Å². The molecule has 0 aliphatic carbocycles. The highest BCUT2D eigenvalue weighted by Gasteiger charge is 2.27. The van der Waals surface area contributed by atoms with E-state index in [0.29, 0.717) is 23.1 Å². The number of hydrogen-bond acceptors (Lipinski definition) is 4. The van der Waals surface area contributed by atoms with E-state index >= 15 is 0 Å². The summed E-state index contributed by atoms with van der Waals surface area (Å²) in [6.45, 7) is 11.9. The smallest absolute Gasteiger partial charge is 0.259 e. The minimum Gasteiger partial charge on any atom is -0.364 e. The molecule has 6 heteroatoms. The van der Waals surface area contributed by atoms with Crippen LogP contribution in [0.2, 0.25) is 0 Å². The van der Waals surface area contributed by atoms with Crippen LogP contribution in [0.25, 0.3) is 22.2 Å². The number of aromatic nitrogens is 3. The molecule has 4 aromatic rings. The predicted molar refractivity (Wildman–Crippen MR) is 134 cm³/mol. The monoisotopic (exact) mass is 456 g/mol. The number of hydrogen-bond donors (Lipinski definition) is 1. The van der Waals surface area contributed by atoms with E-state index in [1.807, 2.05) is 25.7 Å². The second kappa shape index (κ2) is 8.75. The number of carbonyl (C=O) groups is 1. The molecule has 34 heavy (non-hydrogen) atoms. The highest BCUT2D eigenvalue weighted by atomic mass is 16.5. The Balaban J connectivity index is 1.43. The van der Waals surface area contributed by atoms with Gasteiger partial charge in [-0.25, -0.2) is 0 Å². The Labute approximate surface area is 200 Å². The Morgan fingerprint density at radius 1 is 1.09 bits per heavy atom. The van der Waals surface area contributed by atoms with E-state index in [1.54, 1.807) is 0 Å². The summed E-state index contributed by atoms with van der Waals surface area (Å²) < 4.78 is 4.96. The van der Waals surface area contributed by atoms with E-state index in [1.165, 1.54) is 39.6 Å². The molecule has 0 bridgehead atoms. The second-order valence-corrected chi connectivity index (χ2v) is 9.89. The van der Waals surface area contributed by atoms with Crippen molar-refractivity contribution in [3.8, 4) is 11.3 Å². The maximum atomic E-state index is 12.8. The van der Waals surface area contributed by atoms with Crippen LogP contribution >= 0.6 is 0 Å². The standard InChI is InChI=1S/C28H32N4O2/c1-16(2)26-23-14-21(6-7-25(23)30-27(26)22-12-17(3)29-18(4)13-22)20-8-10-32(11-9-20)28(33)24-15-34-31-19(24)5/h6-7,12-16,20,30H,8-11H2,1-5H3. The Hall–Kier alpha value is -3.41. The van der Waals surface area contributed by atoms with Crippen molar-refractivity contribution in [3.63, 3.8) is 0 Å². The molecule has 176 valence electrons. The Morgan fingerprint density at radius 3 is 2.41 bits per heavy atom. The Kier molecular flexibility index (Phi) is 5.76. The van der Waals surface area contributed by atoms with Gasteiger partial charge in [0.1, 0.15) is 11.8 Å². The van der Waals surface area contributed by atoms with E-state index in [0.717, 1.165) is 37.3 Å². The second-order valence-electron chi connectivity index (χ2n) is 9.89. The summed E-state index contributed by atoms with van der Waals surface area (Å²) in [5, 5.41) is 5.15. The molecule has 1 amide bonds. The molecule has 1 aliphatic heterocycles. The number of nitrogens with zero attached hydrogens (tertiary/aromatic N) is 3. The molecule has 1 aliphatic rings. The highest BCUT2D eigenvalue weighted by Crippen LogP contribution is 2.38. The zero-order valence-corrected chi connectivity index (χ0v) is 20.6. The topological polar surface area (TPSA) is 75.0 Å². The van der Waals surface area contributed by atoms with Crippen LogP contribution in [0, 0.1) is 20.8 Å². The van der Waals surface area contributed by atoms with Gasteiger partial charge in [0, 0.05) is 40.9 Å². The van der Waals surface area contributed by atoms with Crippen LogP contribution in [0.15, 0.2) is 41.1 Å². The summed E-state index contributed by atoms with van der Waals surface area (Å²) in [6, 6.07) is 11.2. The number of aryl methyl sites for hydroxylation is 3. The van der Waals surface area contributed by atoms with Gasteiger partial charge in [0.05, 0.1) is 11.4 Å². The van der Waals surface area contributed by atoms with Crippen molar-refractivity contribution < 1.29 is 9.32 Å². The van der Waals surface area contributed by atoms with Crippen molar-refractivity contribution in [3.05, 3.63) is 70.4 Å². The first-order valence-electron chi connectivity index (χ1n) is 12.1. The summed E-state index contributed by atoms with van der Waals surface area (Å²) in [7, 11) is 0. The molecule has 1 saturated heterocycles. The third-order valence-electron chi connectivity index (χ3n) is 7.04. The van der Waals surface area contributed by atoms with Gasteiger partial charge >= 0.3 is 0 Å². The summed E-state index contributed by atoms with van der Waals surface area (Å²) in [5.41, 5.74) is 9.57. The van der Waals surface area contributed by atoms with E-state index in [4.69, 9.17) is 4.52 Å². The van der Waals surface area contributed by atoms with E-state index in [2.05, 4.69) is 59.3 Å². The molecule has 1 N–H and O–H groups in total. The van der Waals surface area contributed by atoms with Crippen molar-refractivity contribution >= 4 is 16.8 Å². The van der Waals surface area contributed by atoms with Gasteiger partial charge in [-0.1, -0.05) is 25.1 Å². The molecule has 5 rings (SSSR count). The van der Waals surface area contributed by atoms with Crippen LogP contribution in [0.5, 0.6) is 0 Å². The maximum absolute atomic E-state index is 12.8. The summed E-state index contributed by atoms with van der Waals surface area (Å²) in [4.78, 5) is 23.0. The fourth-order valence-electron chi connectivity index (χ4n) is 5.37. The number of fused-ring (bicyclic) bond motifs is 1. The van der Waals surface area contributed by atoms with Gasteiger partial charge in [-0.2, -0.15) is 0 Å². The molecule has 3 aromatic heterocycles. The molecule has 4 heterocycles. The number of H-pyrrole nitrogens is 1. The van der Waals surface area contributed by atoms with Crippen LogP contribution in [-0.2, 0) is 0 Å². The molecule has 6 nitrogen and oxygen atoms in total. The van der Waals surface area contributed by atoms with Crippen molar-refractivity contribution in [2.24, 2.45) is 0 Å². The number of piperidine rings is 1. The summed E-state index contributed by atoms with van der Waals surface area (Å²) >= 11 is 0. The molecule has 0 atom stereocenters. The predicted octanol–water partition coefficient (Wildman–Crippen LogP) is 6.29. The minimum atomic E-state index is 0.0213. The number of rotatable bonds is 4. The molecule has 0 unspecified atom stereocenters. The van der Waals surface area contributed by atoms with Crippen LogP contribution in [0.1, 0.15) is 77.1 Å². The summed E-state index contributed by atoms with van der Waals surface area (Å²) in [6.07, 6.45) is 3.37. The van der Waals surface area contributed by atoms with Crippen molar-refractivity contribution in [1.29, 1.82) is 0 Å². The van der Waals surface area contributed by atoms with Gasteiger partial charge in [0.15, 0.2) is 0 Å². The number of benzene rings is 1. The molecular weight excluding hydrogens is 424 g/mol. The molecular formula is C28H32N4O2. The summed E-state index contributed by atoms with van der Waals surface area (Å²) in [5.74, 6) is 0.854. The molecule has 0 spiro atoms.